The normalized spacial score (nSPS) is 15.7. The summed E-state index contributed by atoms with van der Waals surface area (Å²) in [4.78, 5) is 10.2. The highest BCUT2D eigenvalue weighted by atomic mass is 16.6. The first-order valence-corrected chi connectivity index (χ1v) is 6.63. The van der Waals surface area contributed by atoms with Gasteiger partial charge in [-0.2, -0.15) is 5.26 Å². The second-order valence-corrected chi connectivity index (χ2v) is 4.99. The zero-order chi connectivity index (χ0) is 13.7. The quantitative estimate of drug-likeness (QED) is 0.663. The number of nitrogens with one attached hydrogen (secondary N) is 1. The van der Waals surface area contributed by atoms with Gasteiger partial charge >= 0.3 is 0 Å². The highest BCUT2D eigenvalue weighted by Gasteiger charge is 2.15. The summed E-state index contributed by atoms with van der Waals surface area (Å²) in [5.41, 5.74) is 0.761. The number of nitro benzene ring substituents is 1. The Balaban J connectivity index is 2.01. The fraction of sp³-hybridized carbons (Fsp3) is 0.500. The molecule has 5 nitrogen and oxygen atoms in total. The summed E-state index contributed by atoms with van der Waals surface area (Å²) < 4.78 is 0. The minimum absolute atomic E-state index is 0.110. The summed E-state index contributed by atoms with van der Waals surface area (Å²) in [5, 5.41) is 22.9. The van der Waals surface area contributed by atoms with Crippen LogP contribution in [0.4, 0.5) is 11.4 Å². The molecule has 19 heavy (non-hydrogen) atoms. The van der Waals surface area contributed by atoms with Gasteiger partial charge in [-0.25, -0.2) is 0 Å². The van der Waals surface area contributed by atoms with Crippen molar-refractivity contribution in [3.05, 3.63) is 33.9 Å². The lowest BCUT2D eigenvalue weighted by atomic mass is 9.89. The van der Waals surface area contributed by atoms with Gasteiger partial charge in [0, 0.05) is 18.3 Å². The van der Waals surface area contributed by atoms with Crippen molar-refractivity contribution >= 4 is 11.4 Å². The molecule has 0 aliphatic heterocycles. The van der Waals surface area contributed by atoms with Crippen LogP contribution in [0.25, 0.3) is 0 Å². The van der Waals surface area contributed by atoms with Crippen LogP contribution in [0.2, 0.25) is 0 Å². The molecular formula is C14H17N3O2. The molecule has 1 aliphatic carbocycles. The predicted octanol–water partition coefficient (Wildman–Crippen LogP) is 3.46. The number of nitrogens with zero attached hydrogens (tertiary/aromatic N) is 2. The summed E-state index contributed by atoms with van der Waals surface area (Å²) in [6.07, 6.45) is 6.38. The maximum absolute atomic E-state index is 10.7. The smallest absolute Gasteiger partial charge is 0.287 e. The highest BCUT2D eigenvalue weighted by molar-refractivity contribution is 5.58. The lowest BCUT2D eigenvalue weighted by molar-refractivity contribution is -0.385. The van der Waals surface area contributed by atoms with Crippen molar-refractivity contribution in [1.82, 2.24) is 0 Å². The van der Waals surface area contributed by atoms with Crippen LogP contribution in [0.1, 0.15) is 37.7 Å². The first-order chi connectivity index (χ1) is 9.20. The van der Waals surface area contributed by atoms with Gasteiger partial charge in [0.2, 0.25) is 0 Å². The Morgan fingerprint density at radius 2 is 2.11 bits per heavy atom. The molecule has 1 N–H and O–H groups in total. The molecule has 0 atom stereocenters. The Morgan fingerprint density at radius 3 is 2.74 bits per heavy atom. The van der Waals surface area contributed by atoms with Gasteiger partial charge in [0.1, 0.15) is 11.6 Å². The van der Waals surface area contributed by atoms with Crippen LogP contribution in [-0.2, 0) is 0 Å². The number of benzene rings is 1. The van der Waals surface area contributed by atoms with E-state index in [-0.39, 0.29) is 11.3 Å². The molecule has 0 spiro atoms. The molecule has 100 valence electrons. The summed E-state index contributed by atoms with van der Waals surface area (Å²) in [6.45, 7) is 0.878. The highest BCUT2D eigenvalue weighted by Crippen LogP contribution is 2.25. The number of rotatable bonds is 4. The van der Waals surface area contributed by atoms with Crippen LogP contribution >= 0.6 is 0 Å². The van der Waals surface area contributed by atoms with Crippen molar-refractivity contribution in [2.45, 2.75) is 32.1 Å². The van der Waals surface area contributed by atoms with E-state index in [1.54, 1.807) is 12.1 Å². The Bertz CT molecular complexity index is 502. The largest absolute Gasteiger partial charge is 0.385 e. The maximum Gasteiger partial charge on any atom is 0.287 e. The van der Waals surface area contributed by atoms with E-state index in [2.05, 4.69) is 5.32 Å². The fourth-order valence-corrected chi connectivity index (χ4v) is 2.55. The summed E-state index contributed by atoms with van der Waals surface area (Å²) in [6, 6.07) is 6.49. The second-order valence-electron chi connectivity index (χ2n) is 4.99. The Labute approximate surface area is 112 Å². The van der Waals surface area contributed by atoms with Gasteiger partial charge in [-0.3, -0.25) is 10.1 Å². The summed E-state index contributed by atoms with van der Waals surface area (Å²) in [5.74, 6) is 0.675. The van der Waals surface area contributed by atoms with E-state index in [1.165, 1.54) is 38.2 Å². The van der Waals surface area contributed by atoms with Gasteiger partial charge in [0.15, 0.2) is 0 Å². The lowest BCUT2D eigenvalue weighted by Crippen LogP contribution is -2.17. The molecule has 0 saturated heterocycles. The van der Waals surface area contributed by atoms with Crippen LogP contribution in [0.3, 0.4) is 0 Å². The van der Waals surface area contributed by atoms with Gasteiger partial charge in [-0.15, -0.1) is 0 Å². The molecule has 0 aromatic heterocycles. The molecule has 5 heteroatoms. The second kappa shape index (κ2) is 6.19. The fourth-order valence-electron chi connectivity index (χ4n) is 2.55. The van der Waals surface area contributed by atoms with Crippen molar-refractivity contribution in [3.63, 3.8) is 0 Å². The average molecular weight is 259 g/mol. The number of anilines is 1. The third kappa shape index (κ3) is 3.44. The lowest BCUT2D eigenvalue weighted by Gasteiger charge is -2.22. The molecule has 1 aliphatic rings. The van der Waals surface area contributed by atoms with Crippen molar-refractivity contribution in [3.8, 4) is 6.07 Å². The predicted molar refractivity (Wildman–Crippen MR) is 72.9 cm³/mol. The minimum Gasteiger partial charge on any atom is -0.385 e. The van der Waals surface area contributed by atoms with E-state index >= 15 is 0 Å². The van der Waals surface area contributed by atoms with Crippen LogP contribution < -0.4 is 5.32 Å². The summed E-state index contributed by atoms with van der Waals surface area (Å²) in [7, 11) is 0. The molecule has 0 heterocycles. The third-order valence-corrected chi connectivity index (χ3v) is 3.63. The Kier molecular flexibility index (Phi) is 4.35. The molecule has 0 radical (unpaired) electrons. The van der Waals surface area contributed by atoms with Crippen LogP contribution in [0.5, 0.6) is 0 Å². The van der Waals surface area contributed by atoms with E-state index in [0.29, 0.717) is 5.92 Å². The van der Waals surface area contributed by atoms with E-state index in [9.17, 15) is 10.1 Å². The van der Waals surface area contributed by atoms with Gasteiger partial charge in [0.05, 0.1) is 4.92 Å². The van der Waals surface area contributed by atoms with Gasteiger partial charge < -0.3 is 5.32 Å². The molecule has 1 fully saturated rings. The zero-order valence-corrected chi connectivity index (χ0v) is 10.8. The molecule has 1 aromatic rings. The van der Waals surface area contributed by atoms with Crippen LogP contribution in [0.15, 0.2) is 18.2 Å². The Hall–Kier alpha value is -2.09. The first-order valence-electron chi connectivity index (χ1n) is 6.63. The van der Waals surface area contributed by atoms with Crippen molar-refractivity contribution in [2.75, 3.05) is 11.9 Å². The van der Waals surface area contributed by atoms with Gasteiger partial charge in [-0.05, 0) is 30.9 Å². The number of hydrogen-bond donors (Lipinski definition) is 1. The molecule has 2 rings (SSSR count). The monoisotopic (exact) mass is 259 g/mol. The van der Waals surface area contributed by atoms with Crippen LogP contribution in [-0.4, -0.2) is 11.5 Å². The van der Waals surface area contributed by atoms with Gasteiger partial charge in [-0.1, -0.05) is 19.3 Å². The SMILES string of the molecule is N#Cc1cc(NCC2CCCCC2)ccc1[N+](=O)[O-]. The maximum atomic E-state index is 10.7. The standard InChI is InChI=1S/C14H17N3O2/c15-9-12-8-13(6-7-14(12)17(18)19)16-10-11-4-2-1-3-5-11/h6-8,11,16H,1-5,10H2. The van der Waals surface area contributed by atoms with Gasteiger partial charge in [0.25, 0.3) is 5.69 Å². The molecule has 1 aromatic carbocycles. The van der Waals surface area contributed by atoms with E-state index < -0.39 is 4.92 Å². The number of nitriles is 1. The molecular weight excluding hydrogens is 242 g/mol. The summed E-state index contributed by atoms with van der Waals surface area (Å²) >= 11 is 0. The third-order valence-electron chi connectivity index (χ3n) is 3.63. The van der Waals surface area contributed by atoms with Crippen molar-refractivity contribution < 1.29 is 4.92 Å². The molecule has 0 amide bonds. The molecule has 0 bridgehead atoms. The minimum atomic E-state index is -0.524. The van der Waals surface area contributed by atoms with Crippen LogP contribution in [0, 0.1) is 27.4 Å². The Morgan fingerprint density at radius 1 is 1.37 bits per heavy atom. The van der Waals surface area contributed by atoms with Crippen molar-refractivity contribution in [2.24, 2.45) is 5.92 Å². The molecule has 0 unspecified atom stereocenters. The topological polar surface area (TPSA) is 79.0 Å². The van der Waals surface area contributed by atoms with E-state index in [4.69, 9.17) is 5.26 Å². The van der Waals surface area contributed by atoms with E-state index in [1.807, 2.05) is 6.07 Å². The first kappa shape index (κ1) is 13.3. The van der Waals surface area contributed by atoms with E-state index in [0.717, 1.165) is 12.2 Å². The number of nitro groups is 1. The molecule has 1 saturated carbocycles. The average Bonchev–Trinajstić information content (AvgIpc) is 2.45. The zero-order valence-electron chi connectivity index (χ0n) is 10.8. The number of hydrogen-bond acceptors (Lipinski definition) is 4. The van der Waals surface area contributed by atoms with Crippen molar-refractivity contribution in [1.29, 1.82) is 5.26 Å².